The van der Waals surface area contributed by atoms with Gasteiger partial charge in [-0.1, -0.05) is 54.8 Å². The molecule has 28 heavy (non-hydrogen) atoms. The van der Waals surface area contributed by atoms with Gasteiger partial charge < -0.3 is 10.6 Å². The van der Waals surface area contributed by atoms with Gasteiger partial charge in [-0.25, -0.2) is 9.97 Å². The SMILES string of the molecule is Cc1ccc(-c2nc(NCCNC(=O)C3CCCC3)c3ccccc3n2)cc1. The molecular weight excluding hydrogens is 348 g/mol. The Hall–Kier alpha value is -2.95. The number of carbonyl (C=O) groups excluding carboxylic acids is 1. The normalized spacial score (nSPS) is 14.3. The predicted molar refractivity (Wildman–Crippen MR) is 113 cm³/mol. The number of para-hydroxylation sites is 1. The molecule has 1 heterocycles. The predicted octanol–water partition coefficient (Wildman–Crippen LogP) is 4.32. The molecular formula is C23H26N4O. The summed E-state index contributed by atoms with van der Waals surface area (Å²) in [5, 5.41) is 7.43. The van der Waals surface area contributed by atoms with E-state index in [0.29, 0.717) is 18.9 Å². The van der Waals surface area contributed by atoms with Crippen LogP contribution in [0.3, 0.4) is 0 Å². The number of rotatable bonds is 6. The minimum absolute atomic E-state index is 0.187. The van der Waals surface area contributed by atoms with E-state index in [4.69, 9.17) is 9.97 Å². The molecule has 0 spiro atoms. The van der Waals surface area contributed by atoms with Crippen molar-refractivity contribution in [2.75, 3.05) is 18.4 Å². The maximum atomic E-state index is 12.2. The Labute approximate surface area is 165 Å². The lowest BCUT2D eigenvalue weighted by molar-refractivity contribution is -0.124. The topological polar surface area (TPSA) is 66.9 Å². The third-order valence-corrected chi connectivity index (χ3v) is 5.36. The van der Waals surface area contributed by atoms with Crippen molar-refractivity contribution in [1.29, 1.82) is 0 Å². The summed E-state index contributed by atoms with van der Waals surface area (Å²) >= 11 is 0. The molecule has 0 saturated heterocycles. The van der Waals surface area contributed by atoms with E-state index in [-0.39, 0.29) is 11.8 Å². The number of aryl methyl sites for hydroxylation is 1. The van der Waals surface area contributed by atoms with Gasteiger partial charge in [0.2, 0.25) is 5.91 Å². The minimum atomic E-state index is 0.187. The molecule has 1 saturated carbocycles. The van der Waals surface area contributed by atoms with Crippen molar-refractivity contribution in [3.05, 3.63) is 54.1 Å². The zero-order chi connectivity index (χ0) is 19.3. The van der Waals surface area contributed by atoms with Gasteiger partial charge in [0.05, 0.1) is 5.52 Å². The van der Waals surface area contributed by atoms with Crippen molar-refractivity contribution < 1.29 is 4.79 Å². The maximum Gasteiger partial charge on any atom is 0.223 e. The highest BCUT2D eigenvalue weighted by Gasteiger charge is 2.21. The second-order valence-corrected chi connectivity index (χ2v) is 7.48. The van der Waals surface area contributed by atoms with E-state index in [9.17, 15) is 4.79 Å². The summed E-state index contributed by atoms with van der Waals surface area (Å²) < 4.78 is 0. The molecule has 144 valence electrons. The fourth-order valence-corrected chi connectivity index (χ4v) is 3.74. The number of nitrogens with one attached hydrogen (secondary N) is 2. The van der Waals surface area contributed by atoms with Crippen molar-refractivity contribution in [2.45, 2.75) is 32.6 Å². The minimum Gasteiger partial charge on any atom is -0.368 e. The van der Waals surface area contributed by atoms with Gasteiger partial charge in [-0.2, -0.15) is 0 Å². The highest BCUT2D eigenvalue weighted by Crippen LogP contribution is 2.26. The van der Waals surface area contributed by atoms with Crippen LogP contribution in [0.15, 0.2) is 48.5 Å². The summed E-state index contributed by atoms with van der Waals surface area (Å²) in [6.45, 7) is 3.29. The number of aromatic nitrogens is 2. The van der Waals surface area contributed by atoms with Crippen molar-refractivity contribution in [3.63, 3.8) is 0 Å². The molecule has 3 aromatic rings. The van der Waals surface area contributed by atoms with E-state index in [1.54, 1.807) is 0 Å². The lowest BCUT2D eigenvalue weighted by Crippen LogP contribution is -2.33. The lowest BCUT2D eigenvalue weighted by atomic mass is 10.1. The molecule has 5 heteroatoms. The third kappa shape index (κ3) is 4.14. The molecule has 1 aromatic heterocycles. The van der Waals surface area contributed by atoms with Crippen molar-refractivity contribution >= 4 is 22.6 Å². The molecule has 2 N–H and O–H groups in total. The third-order valence-electron chi connectivity index (χ3n) is 5.36. The van der Waals surface area contributed by atoms with Crippen LogP contribution in [0.1, 0.15) is 31.2 Å². The van der Waals surface area contributed by atoms with Crippen molar-refractivity contribution in [2.24, 2.45) is 5.92 Å². The van der Waals surface area contributed by atoms with Crippen LogP contribution >= 0.6 is 0 Å². The molecule has 1 fully saturated rings. The highest BCUT2D eigenvalue weighted by molar-refractivity contribution is 5.90. The molecule has 0 radical (unpaired) electrons. The average molecular weight is 374 g/mol. The van der Waals surface area contributed by atoms with E-state index in [0.717, 1.165) is 35.1 Å². The Balaban J connectivity index is 1.49. The quantitative estimate of drug-likeness (QED) is 0.631. The van der Waals surface area contributed by atoms with Gasteiger partial charge in [0.1, 0.15) is 5.82 Å². The highest BCUT2D eigenvalue weighted by atomic mass is 16.1. The number of hydrogen-bond acceptors (Lipinski definition) is 4. The molecule has 1 amide bonds. The monoisotopic (exact) mass is 374 g/mol. The smallest absolute Gasteiger partial charge is 0.223 e. The average Bonchev–Trinajstić information content (AvgIpc) is 3.26. The Bertz CT molecular complexity index is 962. The van der Waals surface area contributed by atoms with Crippen LogP contribution in [0.25, 0.3) is 22.3 Å². The van der Waals surface area contributed by atoms with Crippen molar-refractivity contribution in [1.82, 2.24) is 15.3 Å². The van der Waals surface area contributed by atoms with Crippen LogP contribution < -0.4 is 10.6 Å². The second kappa shape index (κ2) is 8.38. The van der Waals surface area contributed by atoms with Gasteiger partial charge in [0.25, 0.3) is 0 Å². The Morgan fingerprint density at radius 2 is 1.75 bits per heavy atom. The number of amides is 1. The van der Waals surface area contributed by atoms with Gasteiger partial charge in [-0.3, -0.25) is 4.79 Å². The lowest BCUT2D eigenvalue weighted by Gasteiger charge is -2.13. The first-order valence-electron chi connectivity index (χ1n) is 10.1. The summed E-state index contributed by atoms with van der Waals surface area (Å²) in [5.41, 5.74) is 3.11. The largest absolute Gasteiger partial charge is 0.368 e. The number of carbonyl (C=O) groups is 1. The molecule has 1 aliphatic carbocycles. The molecule has 0 bridgehead atoms. The van der Waals surface area contributed by atoms with E-state index in [1.165, 1.54) is 18.4 Å². The van der Waals surface area contributed by atoms with Crippen LogP contribution in [0.2, 0.25) is 0 Å². The molecule has 0 unspecified atom stereocenters. The number of hydrogen-bond donors (Lipinski definition) is 2. The standard InChI is InChI=1S/C23H26N4O/c1-16-10-12-17(13-11-16)21-26-20-9-5-4-8-19(20)22(27-21)24-14-15-25-23(28)18-6-2-3-7-18/h4-5,8-13,18H,2-3,6-7,14-15H2,1H3,(H,25,28)(H,24,26,27). The molecule has 2 aromatic carbocycles. The van der Waals surface area contributed by atoms with E-state index >= 15 is 0 Å². The summed E-state index contributed by atoms with van der Waals surface area (Å²) in [6.07, 6.45) is 4.39. The first-order chi connectivity index (χ1) is 13.7. The number of anilines is 1. The van der Waals surface area contributed by atoms with Gasteiger partial charge >= 0.3 is 0 Å². The number of benzene rings is 2. The molecule has 1 aliphatic rings. The maximum absolute atomic E-state index is 12.2. The van der Waals surface area contributed by atoms with Crippen LogP contribution in [0.4, 0.5) is 5.82 Å². The summed E-state index contributed by atoms with van der Waals surface area (Å²) in [7, 11) is 0. The fraction of sp³-hybridized carbons (Fsp3) is 0.348. The summed E-state index contributed by atoms with van der Waals surface area (Å²) in [5.74, 6) is 1.90. The van der Waals surface area contributed by atoms with Crippen LogP contribution in [-0.4, -0.2) is 29.0 Å². The fourth-order valence-electron chi connectivity index (χ4n) is 3.74. The van der Waals surface area contributed by atoms with E-state index < -0.39 is 0 Å². The van der Waals surface area contributed by atoms with Gasteiger partial charge in [-0.05, 0) is 31.9 Å². The Morgan fingerprint density at radius 1 is 1.00 bits per heavy atom. The zero-order valence-corrected chi connectivity index (χ0v) is 16.2. The van der Waals surface area contributed by atoms with E-state index in [1.807, 2.05) is 36.4 Å². The number of fused-ring (bicyclic) bond motifs is 1. The van der Waals surface area contributed by atoms with Gasteiger partial charge in [-0.15, -0.1) is 0 Å². The van der Waals surface area contributed by atoms with Gasteiger partial charge in [0, 0.05) is 30.0 Å². The first-order valence-corrected chi connectivity index (χ1v) is 10.1. The number of nitrogens with zero attached hydrogens (tertiary/aromatic N) is 2. The molecule has 0 aliphatic heterocycles. The molecule has 0 atom stereocenters. The summed E-state index contributed by atoms with van der Waals surface area (Å²) in [4.78, 5) is 21.7. The zero-order valence-electron chi connectivity index (χ0n) is 16.2. The first kappa shape index (κ1) is 18.4. The van der Waals surface area contributed by atoms with Crippen LogP contribution in [-0.2, 0) is 4.79 Å². The summed E-state index contributed by atoms with van der Waals surface area (Å²) in [6, 6.07) is 16.2. The Morgan fingerprint density at radius 3 is 2.54 bits per heavy atom. The van der Waals surface area contributed by atoms with Crippen LogP contribution in [0.5, 0.6) is 0 Å². The van der Waals surface area contributed by atoms with Gasteiger partial charge in [0.15, 0.2) is 5.82 Å². The second-order valence-electron chi connectivity index (χ2n) is 7.48. The van der Waals surface area contributed by atoms with E-state index in [2.05, 4.69) is 29.7 Å². The van der Waals surface area contributed by atoms with Crippen LogP contribution in [0, 0.1) is 12.8 Å². The molecule has 5 nitrogen and oxygen atoms in total. The molecule has 4 rings (SSSR count). The van der Waals surface area contributed by atoms with Crippen molar-refractivity contribution in [3.8, 4) is 11.4 Å². The Kier molecular flexibility index (Phi) is 5.51.